The predicted molar refractivity (Wildman–Crippen MR) is 81.5 cm³/mol. The first kappa shape index (κ1) is 19.3. The van der Waals surface area contributed by atoms with E-state index in [4.69, 9.17) is 0 Å². The monoisotopic (exact) mass is 243 g/mol. The first-order chi connectivity index (χ1) is 7.44. The lowest BCUT2D eigenvalue weighted by Gasteiger charge is -2.33. The minimum absolute atomic E-state index is 0.500. The fourth-order valence-corrected chi connectivity index (χ4v) is 1.26. The van der Waals surface area contributed by atoms with E-state index < -0.39 is 0 Å². The van der Waals surface area contributed by atoms with Crippen molar-refractivity contribution >= 4 is 0 Å². The van der Waals surface area contributed by atoms with Crippen LogP contribution in [0.2, 0.25) is 0 Å². The summed E-state index contributed by atoms with van der Waals surface area (Å²) in [6.07, 6.45) is 0. The van der Waals surface area contributed by atoms with Crippen LogP contribution in [0.25, 0.3) is 0 Å². The van der Waals surface area contributed by atoms with Gasteiger partial charge in [-0.3, -0.25) is 0 Å². The molecule has 0 bridgehead atoms. The van der Waals surface area contributed by atoms with E-state index in [1.54, 1.807) is 0 Å². The molecule has 0 aromatic heterocycles. The third-order valence-corrected chi connectivity index (χ3v) is 4.61. The zero-order valence-electron chi connectivity index (χ0n) is 14.3. The van der Waals surface area contributed by atoms with Crippen molar-refractivity contribution in [1.29, 1.82) is 0 Å². The molecule has 0 saturated carbocycles. The molecule has 0 unspecified atom stereocenters. The summed E-state index contributed by atoms with van der Waals surface area (Å²) in [7, 11) is 2.15. The molecule has 17 heavy (non-hydrogen) atoms. The minimum Gasteiger partial charge on any atom is -0.302 e. The molecule has 0 aromatic carbocycles. The lowest BCUT2D eigenvalue weighted by Crippen LogP contribution is -2.32. The molecule has 0 aliphatic heterocycles. The number of rotatable bonds is 4. The maximum atomic E-state index is 2.34. The maximum absolute atomic E-state index is 2.34. The molecule has 106 valence electrons. The average molecular weight is 243 g/mol. The SMILES string of the molecule is CC(C)C(C)(C)C(C)C.CC(C)N(C)C(C)C. The van der Waals surface area contributed by atoms with E-state index in [9.17, 15) is 0 Å². The van der Waals surface area contributed by atoms with Crippen LogP contribution in [0.4, 0.5) is 0 Å². The van der Waals surface area contributed by atoms with Gasteiger partial charge in [0.25, 0.3) is 0 Å². The van der Waals surface area contributed by atoms with Crippen LogP contribution in [-0.2, 0) is 0 Å². The van der Waals surface area contributed by atoms with Crippen LogP contribution < -0.4 is 0 Å². The first-order valence-corrected chi connectivity index (χ1v) is 7.16. The van der Waals surface area contributed by atoms with Gasteiger partial charge in [-0.2, -0.15) is 0 Å². The average Bonchev–Trinajstić information content (AvgIpc) is 2.16. The third kappa shape index (κ3) is 7.81. The van der Waals surface area contributed by atoms with Gasteiger partial charge in [-0.05, 0) is 52.0 Å². The van der Waals surface area contributed by atoms with Crippen LogP contribution in [0.5, 0.6) is 0 Å². The summed E-state index contributed by atoms with van der Waals surface area (Å²) in [5.41, 5.74) is 0.500. The quantitative estimate of drug-likeness (QED) is 0.667. The van der Waals surface area contributed by atoms with Gasteiger partial charge in [0, 0.05) is 12.1 Å². The molecule has 0 aliphatic rings. The second-order valence-electron chi connectivity index (χ2n) is 6.98. The Morgan fingerprint density at radius 1 is 0.647 bits per heavy atom. The molecule has 0 atom stereocenters. The molecule has 0 rings (SSSR count). The number of hydrogen-bond acceptors (Lipinski definition) is 1. The lowest BCUT2D eigenvalue weighted by molar-refractivity contribution is 0.165. The zero-order chi connectivity index (χ0) is 14.4. The van der Waals surface area contributed by atoms with Gasteiger partial charge in [-0.1, -0.05) is 41.5 Å². The van der Waals surface area contributed by atoms with E-state index in [0.717, 1.165) is 11.8 Å². The Kier molecular flexibility index (Phi) is 9.23. The molecule has 0 amide bonds. The highest BCUT2D eigenvalue weighted by Gasteiger charge is 2.25. The summed E-state index contributed by atoms with van der Waals surface area (Å²) in [4.78, 5) is 2.33. The van der Waals surface area contributed by atoms with E-state index in [1.807, 2.05) is 0 Å². The Bertz CT molecular complexity index is 160. The molecule has 0 fully saturated rings. The topological polar surface area (TPSA) is 3.24 Å². The smallest absolute Gasteiger partial charge is 0.00382 e. The van der Waals surface area contributed by atoms with Gasteiger partial charge in [-0.15, -0.1) is 0 Å². The van der Waals surface area contributed by atoms with Gasteiger partial charge in [0.05, 0.1) is 0 Å². The molecular formula is C16H37N. The van der Waals surface area contributed by atoms with E-state index in [1.165, 1.54) is 0 Å². The Morgan fingerprint density at radius 2 is 0.882 bits per heavy atom. The molecule has 0 radical (unpaired) electrons. The molecule has 0 saturated heterocycles. The van der Waals surface area contributed by atoms with Crippen LogP contribution in [0, 0.1) is 17.3 Å². The normalized spacial score (nSPS) is 12.7. The molecule has 0 spiro atoms. The van der Waals surface area contributed by atoms with E-state index in [0.29, 0.717) is 17.5 Å². The Morgan fingerprint density at radius 3 is 0.882 bits per heavy atom. The summed E-state index contributed by atoms with van der Waals surface area (Å²) in [5.74, 6) is 1.58. The van der Waals surface area contributed by atoms with Gasteiger partial charge < -0.3 is 4.90 Å². The summed E-state index contributed by atoms with van der Waals surface area (Å²) in [6, 6.07) is 1.35. The van der Waals surface area contributed by atoms with Gasteiger partial charge >= 0.3 is 0 Å². The fourth-order valence-electron chi connectivity index (χ4n) is 1.26. The van der Waals surface area contributed by atoms with E-state index in [2.05, 4.69) is 81.2 Å². The fraction of sp³-hybridized carbons (Fsp3) is 1.00. The molecule has 0 N–H and O–H groups in total. The molecule has 1 nitrogen and oxygen atoms in total. The number of hydrogen-bond donors (Lipinski definition) is 0. The van der Waals surface area contributed by atoms with E-state index in [-0.39, 0.29) is 0 Å². The summed E-state index contributed by atoms with van der Waals surface area (Å²) in [5, 5.41) is 0. The Balaban J connectivity index is 0. The van der Waals surface area contributed by atoms with Gasteiger partial charge in [0.1, 0.15) is 0 Å². The van der Waals surface area contributed by atoms with Crippen molar-refractivity contribution in [3.63, 3.8) is 0 Å². The number of nitrogens with zero attached hydrogens (tertiary/aromatic N) is 1. The van der Waals surface area contributed by atoms with Crippen LogP contribution in [0.3, 0.4) is 0 Å². The highest BCUT2D eigenvalue weighted by Crippen LogP contribution is 2.33. The van der Waals surface area contributed by atoms with Crippen molar-refractivity contribution in [2.24, 2.45) is 17.3 Å². The second-order valence-corrected chi connectivity index (χ2v) is 6.98. The van der Waals surface area contributed by atoms with Crippen molar-refractivity contribution in [2.45, 2.75) is 81.3 Å². The molecule has 0 aromatic rings. The second kappa shape index (κ2) is 8.13. The summed E-state index contributed by atoms with van der Waals surface area (Å²) < 4.78 is 0. The molecule has 0 heterocycles. The Labute approximate surface area is 111 Å². The van der Waals surface area contributed by atoms with Gasteiger partial charge in [-0.25, -0.2) is 0 Å². The summed E-state index contributed by atoms with van der Waals surface area (Å²) in [6.45, 7) is 22.7. The van der Waals surface area contributed by atoms with E-state index >= 15 is 0 Å². The van der Waals surface area contributed by atoms with Gasteiger partial charge in [0.2, 0.25) is 0 Å². The van der Waals surface area contributed by atoms with Crippen LogP contribution in [-0.4, -0.2) is 24.0 Å². The maximum Gasteiger partial charge on any atom is 0.00382 e. The van der Waals surface area contributed by atoms with Gasteiger partial charge in [0.15, 0.2) is 0 Å². The van der Waals surface area contributed by atoms with Crippen molar-refractivity contribution in [1.82, 2.24) is 4.90 Å². The summed E-state index contributed by atoms with van der Waals surface area (Å²) >= 11 is 0. The van der Waals surface area contributed by atoms with Crippen LogP contribution in [0.1, 0.15) is 69.2 Å². The minimum atomic E-state index is 0.500. The highest BCUT2D eigenvalue weighted by atomic mass is 15.1. The van der Waals surface area contributed by atoms with Crippen molar-refractivity contribution in [3.8, 4) is 0 Å². The zero-order valence-corrected chi connectivity index (χ0v) is 14.3. The molecule has 0 aliphatic carbocycles. The first-order valence-electron chi connectivity index (χ1n) is 7.16. The molecular weight excluding hydrogens is 206 g/mol. The van der Waals surface area contributed by atoms with Crippen molar-refractivity contribution in [3.05, 3.63) is 0 Å². The lowest BCUT2D eigenvalue weighted by atomic mass is 9.72. The largest absolute Gasteiger partial charge is 0.302 e. The van der Waals surface area contributed by atoms with Crippen molar-refractivity contribution < 1.29 is 0 Å². The van der Waals surface area contributed by atoms with Crippen LogP contribution in [0.15, 0.2) is 0 Å². The molecule has 1 heteroatoms. The third-order valence-electron chi connectivity index (χ3n) is 4.61. The van der Waals surface area contributed by atoms with Crippen LogP contribution >= 0.6 is 0 Å². The Hall–Kier alpha value is -0.0400. The highest BCUT2D eigenvalue weighted by molar-refractivity contribution is 4.75. The predicted octanol–water partition coefficient (Wildman–Crippen LogP) is 5.06. The standard InChI is InChI=1S/C9H20.C7H17N/c1-7(2)9(5,6)8(3)4;1-6(2)8(5)7(3)4/h7-8H,1-6H3;6-7H,1-5H3. The van der Waals surface area contributed by atoms with Crippen molar-refractivity contribution in [2.75, 3.05) is 7.05 Å².